The molecular weight excluding hydrogens is 186 g/mol. The highest BCUT2D eigenvalue weighted by atomic mass is 16.1. The van der Waals surface area contributed by atoms with Crippen molar-refractivity contribution in [2.45, 2.75) is 54.0 Å². The first kappa shape index (κ1) is 14.6. The lowest BCUT2D eigenvalue weighted by molar-refractivity contribution is -0.131. The summed E-state index contributed by atoms with van der Waals surface area (Å²) in [7, 11) is 2.01. The Hall–Kier alpha value is -0.370. The van der Waals surface area contributed by atoms with Crippen molar-refractivity contribution in [1.82, 2.24) is 4.90 Å². The summed E-state index contributed by atoms with van der Waals surface area (Å²) in [6, 6.07) is 0. The molecule has 0 unspecified atom stereocenters. The fourth-order valence-corrected chi connectivity index (χ4v) is 0.978. The van der Waals surface area contributed by atoms with Crippen LogP contribution in [0.1, 0.15) is 48.5 Å². The van der Waals surface area contributed by atoms with E-state index in [1.54, 1.807) is 0 Å². The van der Waals surface area contributed by atoms with Gasteiger partial charge >= 0.3 is 0 Å². The number of hydrogen-bond acceptors (Lipinski definition) is 2. The molecule has 0 aliphatic carbocycles. The SMILES string of the molecule is CC(C)C(C)(C)C(=O)CN(C)C(C)(C)C. The maximum atomic E-state index is 12.1. The maximum Gasteiger partial charge on any atom is 0.152 e. The van der Waals surface area contributed by atoms with Crippen molar-refractivity contribution in [2.24, 2.45) is 11.3 Å². The van der Waals surface area contributed by atoms with Crippen LogP contribution >= 0.6 is 0 Å². The van der Waals surface area contributed by atoms with Gasteiger partial charge in [-0.2, -0.15) is 0 Å². The molecule has 0 saturated heterocycles. The summed E-state index contributed by atoms with van der Waals surface area (Å²) in [5.74, 6) is 0.716. The number of hydrogen-bond donors (Lipinski definition) is 0. The standard InChI is InChI=1S/C13H27NO/c1-10(2)13(6,7)11(15)9-14(8)12(3,4)5/h10H,9H2,1-8H3. The summed E-state index contributed by atoms with van der Waals surface area (Å²) in [4.78, 5) is 14.2. The smallest absolute Gasteiger partial charge is 0.152 e. The highest BCUT2D eigenvalue weighted by molar-refractivity contribution is 5.86. The molecule has 0 fully saturated rings. The summed E-state index contributed by atoms with van der Waals surface area (Å²) in [5.41, 5.74) is -0.164. The van der Waals surface area contributed by atoms with Crippen LogP contribution in [0, 0.1) is 11.3 Å². The maximum absolute atomic E-state index is 12.1. The number of carbonyl (C=O) groups excluding carboxylic acids is 1. The van der Waals surface area contributed by atoms with Crippen LogP contribution in [-0.2, 0) is 4.79 Å². The molecule has 15 heavy (non-hydrogen) atoms. The molecule has 0 amide bonds. The van der Waals surface area contributed by atoms with Crippen molar-refractivity contribution < 1.29 is 4.79 Å². The van der Waals surface area contributed by atoms with E-state index in [-0.39, 0.29) is 11.0 Å². The Morgan fingerprint density at radius 1 is 1.13 bits per heavy atom. The molecule has 0 aromatic heterocycles. The van der Waals surface area contributed by atoms with Crippen molar-refractivity contribution in [2.75, 3.05) is 13.6 Å². The number of ketones is 1. The second kappa shape index (κ2) is 4.65. The highest BCUT2D eigenvalue weighted by Crippen LogP contribution is 2.28. The van der Waals surface area contributed by atoms with Crippen molar-refractivity contribution in [3.63, 3.8) is 0 Å². The van der Waals surface area contributed by atoms with Gasteiger partial charge in [0, 0.05) is 11.0 Å². The van der Waals surface area contributed by atoms with E-state index in [4.69, 9.17) is 0 Å². The zero-order valence-corrected chi connectivity index (χ0v) is 11.6. The Labute approximate surface area is 95.0 Å². The van der Waals surface area contributed by atoms with Crippen molar-refractivity contribution in [3.05, 3.63) is 0 Å². The van der Waals surface area contributed by atoms with E-state index in [0.29, 0.717) is 18.2 Å². The van der Waals surface area contributed by atoms with E-state index < -0.39 is 0 Å². The minimum atomic E-state index is -0.223. The molecule has 0 N–H and O–H groups in total. The summed E-state index contributed by atoms with van der Waals surface area (Å²) in [6.07, 6.45) is 0. The van der Waals surface area contributed by atoms with Gasteiger partial charge in [-0.25, -0.2) is 0 Å². The van der Waals surface area contributed by atoms with Crippen molar-refractivity contribution in [3.8, 4) is 0 Å². The third-order valence-electron chi connectivity index (χ3n) is 3.69. The molecule has 0 radical (unpaired) electrons. The Morgan fingerprint density at radius 2 is 1.53 bits per heavy atom. The van der Waals surface area contributed by atoms with Gasteiger partial charge in [0.25, 0.3) is 0 Å². The molecule has 0 bridgehead atoms. The summed E-state index contributed by atoms with van der Waals surface area (Å²) in [6.45, 7) is 15.2. The predicted octanol–water partition coefficient (Wildman–Crippen LogP) is 2.97. The van der Waals surface area contributed by atoms with Gasteiger partial charge in [0.05, 0.1) is 6.54 Å². The summed E-state index contributed by atoms with van der Waals surface area (Å²) in [5, 5.41) is 0. The first-order chi connectivity index (χ1) is 6.49. The number of carbonyl (C=O) groups is 1. The molecule has 0 aromatic carbocycles. The lowest BCUT2D eigenvalue weighted by atomic mass is 9.77. The van der Waals surface area contributed by atoms with Crippen LogP contribution in [0.15, 0.2) is 0 Å². The van der Waals surface area contributed by atoms with Gasteiger partial charge in [-0.3, -0.25) is 9.69 Å². The van der Waals surface area contributed by atoms with E-state index >= 15 is 0 Å². The molecule has 0 aliphatic rings. The van der Waals surface area contributed by atoms with Crippen LogP contribution in [0.5, 0.6) is 0 Å². The highest BCUT2D eigenvalue weighted by Gasteiger charge is 2.32. The van der Waals surface area contributed by atoms with Gasteiger partial charge in [0.1, 0.15) is 0 Å². The number of likely N-dealkylation sites (N-methyl/N-ethyl adjacent to an activating group) is 1. The number of nitrogens with zero attached hydrogens (tertiary/aromatic N) is 1. The van der Waals surface area contributed by atoms with Crippen LogP contribution in [0.2, 0.25) is 0 Å². The number of rotatable bonds is 4. The molecule has 0 atom stereocenters. The van der Waals surface area contributed by atoms with Crippen LogP contribution in [-0.4, -0.2) is 29.8 Å². The van der Waals surface area contributed by atoms with E-state index in [9.17, 15) is 4.79 Å². The van der Waals surface area contributed by atoms with E-state index in [2.05, 4.69) is 39.5 Å². The molecular formula is C13H27NO. The van der Waals surface area contributed by atoms with Crippen molar-refractivity contribution in [1.29, 1.82) is 0 Å². The predicted molar refractivity (Wildman–Crippen MR) is 66.0 cm³/mol. The summed E-state index contributed by atoms with van der Waals surface area (Å²) >= 11 is 0. The zero-order valence-electron chi connectivity index (χ0n) is 11.6. The summed E-state index contributed by atoms with van der Waals surface area (Å²) < 4.78 is 0. The molecule has 0 aliphatic heterocycles. The molecule has 0 aromatic rings. The minimum Gasteiger partial charge on any atom is -0.298 e. The van der Waals surface area contributed by atoms with Crippen molar-refractivity contribution >= 4 is 5.78 Å². The van der Waals surface area contributed by atoms with E-state index in [0.717, 1.165) is 0 Å². The second-order valence-electron chi connectivity index (χ2n) is 6.33. The van der Waals surface area contributed by atoms with Crippen LogP contribution < -0.4 is 0 Å². The molecule has 0 rings (SSSR count). The van der Waals surface area contributed by atoms with Crippen LogP contribution in [0.3, 0.4) is 0 Å². The minimum absolute atomic E-state index is 0.0583. The first-order valence-corrected chi connectivity index (χ1v) is 5.74. The first-order valence-electron chi connectivity index (χ1n) is 5.74. The Morgan fingerprint density at radius 3 is 1.80 bits per heavy atom. The second-order valence-corrected chi connectivity index (χ2v) is 6.33. The normalized spacial score (nSPS) is 13.7. The quantitative estimate of drug-likeness (QED) is 0.715. The lowest BCUT2D eigenvalue weighted by Gasteiger charge is -2.35. The topological polar surface area (TPSA) is 20.3 Å². The van der Waals surface area contributed by atoms with Gasteiger partial charge in [0.2, 0.25) is 0 Å². The molecule has 0 heterocycles. The van der Waals surface area contributed by atoms with Gasteiger partial charge in [-0.15, -0.1) is 0 Å². The third-order valence-corrected chi connectivity index (χ3v) is 3.69. The monoisotopic (exact) mass is 213 g/mol. The molecule has 0 spiro atoms. The third kappa shape index (κ3) is 3.94. The largest absolute Gasteiger partial charge is 0.298 e. The Balaban J connectivity index is 4.51. The van der Waals surface area contributed by atoms with Gasteiger partial charge in [0.15, 0.2) is 5.78 Å². The molecule has 0 saturated carbocycles. The van der Waals surface area contributed by atoms with Gasteiger partial charge in [-0.05, 0) is 33.7 Å². The average molecular weight is 213 g/mol. The van der Waals surface area contributed by atoms with Gasteiger partial charge in [-0.1, -0.05) is 27.7 Å². The molecule has 2 heteroatoms. The van der Waals surface area contributed by atoms with Crippen LogP contribution in [0.25, 0.3) is 0 Å². The molecule has 2 nitrogen and oxygen atoms in total. The lowest BCUT2D eigenvalue weighted by Crippen LogP contribution is -2.45. The number of Topliss-reactive ketones (excluding diaryl/α,β-unsaturated/α-hetero) is 1. The van der Waals surface area contributed by atoms with E-state index in [1.807, 2.05) is 20.9 Å². The average Bonchev–Trinajstić information content (AvgIpc) is 2.01. The fraction of sp³-hybridized carbons (Fsp3) is 0.923. The Bertz CT molecular complexity index is 223. The Kier molecular flexibility index (Phi) is 4.53. The zero-order chi connectivity index (χ0) is 12.4. The van der Waals surface area contributed by atoms with Gasteiger partial charge < -0.3 is 0 Å². The van der Waals surface area contributed by atoms with Crippen LogP contribution in [0.4, 0.5) is 0 Å². The fourth-order valence-electron chi connectivity index (χ4n) is 0.978. The van der Waals surface area contributed by atoms with E-state index in [1.165, 1.54) is 0 Å². The molecule has 90 valence electrons.